The molecule has 2 N–H and O–H groups in total. The van der Waals surface area contributed by atoms with Gasteiger partial charge in [-0.15, -0.1) is 0 Å². The van der Waals surface area contributed by atoms with Gasteiger partial charge < -0.3 is 20.1 Å². The normalized spacial score (nSPS) is 14.5. The highest BCUT2D eigenvalue weighted by Crippen LogP contribution is 2.35. The molecule has 33 heavy (non-hydrogen) atoms. The van der Waals surface area contributed by atoms with Crippen molar-refractivity contribution in [3.63, 3.8) is 0 Å². The lowest BCUT2D eigenvalue weighted by Crippen LogP contribution is -2.38. The van der Waals surface area contributed by atoms with Crippen molar-refractivity contribution in [2.24, 2.45) is 0 Å². The van der Waals surface area contributed by atoms with Crippen LogP contribution < -0.4 is 15.4 Å². The number of nitrogens with zero attached hydrogens (tertiary/aromatic N) is 2. The van der Waals surface area contributed by atoms with E-state index in [1.165, 1.54) is 0 Å². The van der Waals surface area contributed by atoms with Crippen molar-refractivity contribution in [2.45, 2.75) is 0 Å². The number of para-hydroxylation sites is 1. The first-order chi connectivity index (χ1) is 16.2. The van der Waals surface area contributed by atoms with Crippen molar-refractivity contribution in [3.05, 3.63) is 58.8 Å². The minimum atomic E-state index is -0.149. The zero-order valence-corrected chi connectivity index (χ0v) is 19.3. The molecule has 1 aliphatic heterocycles. The van der Waals surface area contributed by atoms with Crippen LogP contribution in [0.4, 0.5) is 11.5 Å². The van der Waals surface area contributed by atoms with E-state index in [9.17, 15) is 4.79 Å². The van der Waals surface area contributed by atoms with Crippen molar-refractivity contribution in [1.29, 1.82) is 0 Å². The summed E-state index contributed by atoms with van der Waals surface area (Å²) in [6.45, 7) is 4.99. The maximum atomic E-state index is 12.4. The summed E-state index contributed by atoms with van der Waals surface area (Å²) in [5.41, 5.74) is 2.13. The Labute approximate surface area is 196 Å². The molecule has 8 heteroatoms. The first-order valence-corrected chi connectivity index (χ1v) is 12.0. The quantitative estimate of drug-likeness (QED) is 0.427. The largest absolute Gasteiger partial charge is 0.492 e. The Hall–Kier alpha value is -3.20. The number of carbonyl (C=O) groups is 1. The number of benzene rings is 2. The maximum Gasteiger partial charge on any atom is 0.253 e. The molecule has 5 rings (SSSR count). The van der Waals surface area contributed by atoms with Gasteiger partial charge in [-0.3, -0.25) is 9.69 Å². The minimum Gasteiger partial charge on any atom is -0.492 e. The average Bonchev–Trinajstić information content (AvgIpc) is 3.35. The highest BCUT2D eigenvalue weighted by molar-refractivity contribution is 7.09. The molecule has 0 radical (unpaired) electrons. The van der Waals surface area contributed by atoms with E-state index in [4.69, 9.17) is 14.5 Å². The number of fused-ring (bicyclic) bond motifs is 3. The lowest BCUT2D eigenvalue weighted by molar-refractivity contribution is 0.0322. The summed E-state index contributed by atoms with van der Waals surface area (Å²) in [5.74, 6) is 1.38. The fourth-order valence-electron chi connectivity index (χ4n) is 4.07. The summed E-state index contributed by atoms with van der Waals surface area (Å²) in [7, 11) is 1.63. The third kappa shape index (κ3) is 4.64. The van der Waals surface area contributed by atoms with Crippen LogP contribution in [0.5, 0.6) is 5.75 Å². The molecule has 0 atom stereocenters. The SMILES string of the molecule is CNC(=O)c1cccc2c1nc(Nc1cccc(OCCN3CCOCC3)c1)c1cscc12. The highest BCUT2D eigenvalue weighted by Gasteiger charge is 2.16. The van der Waals surface area contributed by atoms with Gasteiger partial charge in [0.05, 0.1) is 24.3 Å². The smallest absolute Gasteiger partial charge is 0.253 e. The van der Waals surface area contributed by atoms with Crippen LogP contribution in [0.1, 0.15) is 10.4 Å². The predicted molar refractivity (Wildman–Crippen MR) is 133 cm³/mol. The molecule has 0 bridgehead atoms. The minimum absolute atomic E-state index is 0.149. The number of morpholine rings is 1. The van der Waals surface area contributed by atoms with Gasteiger partial charge in [-0.1, -0.05) is 18.2 Å². The first-order valence-electron chi connectivity index (χ1n) is 11.0. The standard InChI is InChI=1S/C25H26N4O3S/c1-26-25(30)20-7-3-6-19-21-15-33-16-22(21)24(28-23(19)20)27-17-4-2-5-18(14-17)32-13-10-29-8-11-31-12-9-29/h2-7,14-16H,8-13H2,1H3,(H,26,30)(H,27,28). The molecule has 0 saturated carbocycles. The Bertz CT molecular complexity index is 1280. The van der Waals surface area contributed by atoms with Crippen LogP contribution in [0, 0.1) is 0 Å². The van der Waals surface area contributed by atoms with Crippen LogP contribution in [0.2, 0.25) is 0 Å². The van der Waals surface area contributed by atoms with Gasteiger partial charge in [-0.2, -0.15) is 11.3 Å². The Balaban J connectivity index is 1.40. The maximum absolute atomic E-state index is 12.4. The Morgan fingerprint density at radius 3 is 2.79 bits per heavy atom. The molecule has 2 aromatic heterocycles. The third-order valence-electron chi connectivity index (χ3n) is 5.82. The Morgan fingerprint density at radius 1 is 1.12 bits per heavy atom. The number of aromatic nitrogens is 1. The summed E-state index contributed by atoms with van der Waals surface area (Å²) >= 11 is 1.62. The molecule has 3 heterocycles. The van der Waals surface area contributed by atoms with E-state index in [1.807, 2.05) is 36.4 Å². The van der Waals surface area contributed by atoms with E-state index < -0.39 is 0 Å². The van der Waals surface area contributed by atoms with Gasteiger partial charge in [0.25, 0.3) is 5.91 Å². The van der Waals surface area contributed by atoms with Gasteiger partial charge in [0.15, 0.2) is 0 Å². The number of carbonyl (C=O) groups excluding carboxylic acids is 1. The van der Waals surface area contributed by atoms with E-state index in [0.717, 1.165) is 66.3 Å². The molecule has 2 aromatic carbocycles. The Kier molecular flexibility index (Phi) is 6.39. The van der Waals surface area contributed by atoms with Crippen LogP contribution >= 0.6 is 11.3 Å². The molecular weight excluding hydrogens is 436 g/mol. The van der Waals surface area contributed by atoms with Crippen LogP contribution in [0.3, 0.4) is 0 Å². The molecule has 7 nitrogen and oxygen atoms in total. The van der Waals surface area contributed by atoms with E-state index in [0.29, 0.717) is 17.7 Å². The van der Waals surface area contributed by atoms with Crippen molar-refractivity contribution in [3.8, 4) is 5.75 Å². The summed E-state index contributed by atoms with van der Waals surface area (Å²) in [6, 6.07) is 13.6. The highest BCUT2D eigenvalue weighted by atomic mass is 32.1. The number of amides is 1. The predicted octanol–water partition coefficient (Wildman–Crippen LogP) is 4.26. The summed E-state index contributed by atoms with van der Waals surface area (Å²) in [4.78, 5) is 19.7. The second-order valence-electron chi connectivity index (χ2n) is 7.90. The van der Waals surface area contributed by atoms with Crippen molar-refractivity contribution >= 4 is 50.4 Å². The van der Waals surface area contributed by atoms with Gasteiger partial charge >= 0.3 is 0 Å². The van der Waals surface area contributed by atoms with Crippen LogP contribution in [-0.4, -0.2) is 62.3 Å². The van der Waals surface area contributed by atoms with Crippen molar-refractivity contribution < 1.29 is 14.3 Å². The van der Waals surface area contributed by atoms with Crippen LogP contribution in [0.25, 0.3) is 21.7 Å². The van der Waals surface area contributed by atoms with E-state index >= 15 is 0 Å². The summed E-state index contributed by atoms with van der Waals surface area (Å²) in [6.07, 6.45) is 0. The van der Waals surface area contributed by atoms with Crippen molar-refractivity contribution in [2.75, 3.05) is 51.8 Å². The van der Waals surface area contributed by atoms with Gasteiger partial charge in [-0.05, 0) is 23.6 Å². The monoisotopic (exact) mass is 462 g/mol. The number of ether oxygens (including phenoxy) is 2. The molecule has 1 saturated heterocycles. The van der Waals surface area contributed by atoms with Gasteiger partial charge in [-0.25, -0.2) is 4.98 Å². The lowest BCUT2D eigenvalue weighted by Gasteiger charge is -2.26. The zero-order valence-electron chi connectivity index (χ0n) is 18.5. The van der Waals surface area contributed by atoms with Gasteiger partial charge in [0, 0.05) is 60.0 Å². The van der Waals surface area contributed by atoms with E-state index in [-0.39, 0.29) is 5.91 Å². The lowest BCUT2D eigenvalue weighted by atomic mass is 10.1. The molecule has 0 unspecified atom stereocenters. The number of nitrogens with one attached hydrogen (secondary N) is 2. The molecule has 1 amide bonds. The number of hydrogen-bond acceptors (Lipinski definition) is 7. The molecule has 4 aromatic rings. The third-order valence-corrected chi connectivity index (χ3v) is 6.56. The second kappa shape index (κ2) is 9.74. The number of rotatable bonds is 7. The second-order valence-corrected chi connectivity index (χ2v) is 8.64. The molecule has 0 aliphatic carbocycles. The van der Waals surface area contributed by atoms with Gasteiger partial charge in [0.1, 0.15) is 18.2 Å². The summed E-state index contributed by atoms with van der Waals surface area (Å²) < 4.78 is 11.4. The topological polar surface area (TPSA) is 75.7 Å². The fourth-order valence-corrected chi connectivity index (χ4v) is 4.91. The molecule has 170 valence electrons. The van der Waals surface area contributed by atoms with Crippen LogP contribution in [0.15, 0.2) is 53.2 Å². The van der Waals surface area contributed by atoms with Crippen molar-refractivity contribution in [1.82, 2.24) is 15.2 Å². The number of pyridine rings is 1. The summed E-state index contributed by atoms with van der Waals surface area (Å²) in [5, 5.41) is 13.4. The zero-order chi connectivity index (χ0) is 22.6. The van der Waals surface area contributed by atoms with E-state index in [1.54, 1.807) is 24.5 Å². The number of thiophene rings is 1. The molecular formula is C25H26N4O3S. The van der Waals surface area contributed by atoms with Crippen LogP contribution in [-0.2, 0) is 4.74 Å². The number of hydrogen-bond donors (Lipinski definition) is 2. The van der Waals surface area contributed by atoms with Gasteiger partial charge in [0.2, 0.25) is 0 Å². The molecule has 1 fully saturated rings. The molecule has 1 aliphatic rings. The number of anilines is 2. The van der Waals surface area contributed by atoms with E-state index in [2.05, 4.69) is 26.3 Å². The fraction of sp³-hybridized carbons (Fsp3) is 0.280. The average molecular weight is 463 g/mol. The molecule has 0 spiro atoms. The first kappa shape index (κ1) is 21.6. The Morgan fingerprint density at radius 2 is 1.94 bits per heavy atom.